The Morgan fingerprint density at radius 1 is 1.62 bits per heavy atom. The number of carbonyl (C=O) groups excluding carboxylic acids is 1. The quantitative estimate of drug-likeness (QED) is 0.737. The zero-order chi connectivity index (χ0) is 9.26. The van der Waals surface area contributed by atoms with Gasteiger partial charge in [0.2, 0.25) is 5.91 Å². The molecule has 4 nitrogen and oxygen atoms in total. The van der Waals surface area contributed by atoms with E-state index in [1.165, 1.54) is 0 Å². The second-order valence-electron chi connectivity index (χ2n) is 2.78. The second kappa shape index (κ2) is 2.90. The first-order valence-corrected chi connectivity index (χ1v) is 3.86. The van der Waals surface area contributed by atoms with E-state index in [-0.39, 0.29) is 12.3 Å². The first-order chi connectivity index (χ1) is 6.25. The number of pyridine rings is 1. The molecule has 2 aromatic rings. The van der Waals surface area contributed by atoms with Crippen molar-refractivity contribution in [2.45, 2.75) is 6.42 Å². The standard InChI is InChI=1S/C9H8N2O2/c10-9(12)4-7-3-6-1-2-13-8(6)5-11-7/h1-3,5H,4H2,(H2,10,12). The van der Waals surface area contributed by atoms with Gasteiger partial charge < -0.3 is 10.2 Å². The molecule has 0 aromatic carbocycles. The van der Waals surface area contributed by atoms with E-state index in [4.69, 9.17) is 10.2 Å². The molecule has 0 aliphatic heterocycles. The first-order valence-electron chi connectivity index (χ1n) is 3.86. The lowest BCUT2D eigenvalue weighted by Crippen LogP contribution is -2.14. The molecule has 0 aliphatic carbocycles. The van der Waals surface area contributed by atoms with Crippen molar-refractivity contribution in [1.29, 1.82) is 0 Å². The molecular weight excluding hydrogens is 168 g/mol. The van der Waals surface area contributed by atoms with Crippen molar-refractivity contribution in [3.63, 3.8) is 0 Å². The molecule has 13 heavy (non-hydrogen) atoms. The van der Waals surface area contributed by atoms with Crippen LogP contribution in [0.3, 0.4) is 0 Å². The summed E-state index contributed by atoms with van der Waals surface area (Å²) in [6.45, 7) is 0. The molecule has 2 heterocycles. The van der Waals surface area contributed by atoms with Crippen LogP contribution < -0.4 is 5.73 Å². The molecule has 0 spiro atoms. The predicted molar refractivity (Wildman–Crippen MR) is 46.9 cm³/mol. The van der Waals surface area contributed by atoms with Crippen molar-refractivity contribution in [1.82, 2.24) is 4.98 Å². The van der Waals surface area contributed by atoms with Crippen LogP contribution in [-0.4, -0.2) is 10.9 Å². The summed E-state index contributed by atoms with van der Waals surface area (Å²) in [4.78, 5) is 14.6. The highest BCUT2D eigenvalue weighted by molar-refractivity contribution is 5.80. The van der Waals surface area contributed by atoms with Crippen molar-refractivity contribution >= 4 is 16.9 Å². The van der Waals surface area contributed by atoms with Gasteiger partial charge in [-0.1, -0.05) is 0 Å². The number of amides is 1. The van der Waals surface area contributed by atoms with E-state index in [1.54, 1.807) is 18.5 Å². The monoisotopic (exact) mass is 176 g/mol. The average Bonchev–Trinajstić information content (AvgIpc) is 2.49. The summed E-state index contributed by atoms with van der Waals surface area (Å²) >= 11 is 0. The molecule has 0 fully saturated rings. The van der Waals surface area contributed by atoms with E-state index < -0.39 is 0 Å². The summed E-state index contributed by atoms with van der Waals surface area (Å²) in [5, 5.41) is 0.936. The number of hydrogen-bond donors (Lipinski definition) is 1. The van der Waals surface area contributed by atoms with Gasteiger partial charge in [0.1, 0.15) is 0 Å². The van der Waals surface area contributed by atoms with E-state index >= 15 is 0 Å². The number of fused-ring (bicyclic) bond motifs is 1. The molecule has 0 aliphatic rings. The van der Waals surface area contributed by atoms with Crippen LogP contribution in [0.1, 0.15) is 5.69 Å². The molecule has 0 saturated carbocycles. The van der Waals surface area contributed by atoms with Crippen molar-refractivity contribution < 1.29 is 9.21 Å². The van der Waals surface area contributed by atoms with Crippen molar-refractivity contribution in [3.8, 4) is 0 Å². The summed E-state index contributed by atoms with van der Waals surface area (Å²) in [7, 11) is 0. The molecule has 1 amide bonds. The SMILES string of the molecule is NC(=O)Cc1cc2ccoc2cn1. The van der Waals surface area contributed by atoms with Crippen LogP contribution in [0, 0.1) is 0 Å². The Balaban J connectivity index is 2.42. The van der Waals surface area contributed by atoms with Crippen LogP contribution in [0.5, 0.6) is 0 Å². The minimum Gasteiger partial charge on any atom is -0.463 e. The molecule has 0 saturated heterocycles. The van der Waals surface area contributed by atoms with Gasteiger partial charge >= 0.3 is 0 Å². The van der Waals surface area contributed by atoms with Crippen molar-refractivity contribution in [2.75, 3.05) is 0 Å². The maximum absolute atomic E-state index is 10.6. The van der Waals surface area contributed by atoms with Crippen LogP contribution in [-0.2, 0) is 11.2 Å². The topological polar surface area (TPSA) is 69.1 Å². The molecule has 0 bridgehead atoms. The fourth-order valence-corrected chi connectivity index (χ4v) is 1.19. The molecule has 66 valence electrons. The van der Waals surface area contributed by atoms with Gasteiger partial charge in [0, 0.05) is 5.39 Å². The number of aromatic nitrogens is 1. The Morgan fingerprint density at radius 3 is 3.23 bits per heavy atom. The first kappa shape index (κ1) is 7.79. The predicted octanol–water partition coefficient (Wildman–Crippen LogP) is 0.856. The Bertz CT molecular complexity index is 448. The largest absolute Gasteiger partial charge is 0.463 e. The molecule has 2 rings (SSSR count). The van der Waals surface area contributed by atoms with Gasteiger partial charge in [0.15, 0.2) is 5.58 Å². The molecule has 4 heteroatoms. The zero-order valence-electron chi connectivity index (χ0n) is 6.86. The maximum Gasteiger partial charge on any atom is 0.223 e. The number of nitrogens with two attached hydrogens (primary N) is 1. The summed E-state index contributed by atoms with van der Waals surface area (Å²) in [5.41, 5.74) is 6.43. The average molecular weight is 176 g/mol. The number of rotatable bonds is 2. The number of carbonyl (C=O) groups is 1. The highest BCUT2D eigenvalue weighted by Gasteiger charge is 2.02. The van der Waals surface area contributed by atoms with Crippen LogP contribution in [0.2, 0.25) is 0 Å². The fourth-order valence-electron chi connectivity index (χ4n) is 1.19. The zero-order valence-corrected chi connectivity index (χ0v) is 6.86. The van der Waals surface area contributed by atoms with Gasteiger partial charge in [-0.25, -0.2) is 0 Å². The van der Waals surface area contributed by atoms with Gasteiger partial charge in [-0.3, -0.25) is 9.78 Å². The van der Waals surface area contributed by atoms with Crippen LogP contribution in [0.25, 0.3) is 11.0 Å². The van der Waals surface area contributed by atoms with Crippen molar-refractivity contribution in [3.05, 3.63) is 30.3 Å². The minimum atomic E-state index is -0.379. The third-order valence-corrected chi connectivity index (χ3v) is 1.75. The third kappa shape index (κ3) is 1.51. The molecule has 0 radical (unpaired) electrons. The third-order valence-electron chi connectivity index (χ3n) is 1.75. The summed E-state index contributed by atoms with van der Waals surface area (Å²) < 4.78 is 5.10. The fraction of sp³-hybridized carbons (Fsp3) is 0.111. The Morgan fingerprint density at radius 2 is 2.46 bits per heavy atom. The minimum absolute atomic E-state index is 0.168. The number of nitrogens with zero attached hydrogens (tertiary/aromatic N) is 1. The number of hydrogen-bond acceptors (Lipinski definition) is 3. The van der Waals surface area contributed by atoms with Gasteiger partial charge in [-0.2, -0.15) is 0 Å². The van der Waals surface area contributed by atoms with E-state index in [1.807, 2.05) is 6.07 Å². The van der Waals surface area contributed by atoms with Gasteiger partial charge in [0.25, 0.3) is 0 Å². The normalized spacial score (nSPS) is 10.5. The second-order valence-corrected chi connectivity index (χ2v) is 2.78. The van der Waals surface area contributed by atoms with E-state index in [0.29, 0.717) is 11.3 Å². The molecule has 0 unspecified atom stereocenters. The molecular formula is C9H8N2O2. The number of furan rings is 1. The number of primary amides is 1. The van der Waals surface area contributed by atoms with E-state index in [2.05, 4.69) is 4.98 Å². The van der Waals surface area contributed by atoms with Crippen LogP contribution >= 0.6 is 0 Å². The summed E-state index contributed by atoms with van der Waals surface area (Å²) in [5.74, 6) is -0.379. The van der Waals surface area contributed by atoms with Crippen LogP contribution in [0.15, 0.2) is 29.0 Å². The lowest BCUT2D eigenvalue weighted by Gasteiger charge is -1.95. The summed E-state index contributed by atoms with van der Waals surface area (Å²) in [6, 6.07) is 3.62. The van der Waals surface area contributed by atoms with Crippen molar-refractivity contribution in [2.24, 2.45) is 5.73 Å². The van der Waals surface area contributed by atoms with Gasteiger partial charge in [-0.15, -0.1) is 0 Å². The molecule has 0 atom stereocenters. The highest BCUT2D eigenvalue weighted by atomic mass is 16.3. The Kier molecular flexibility index (Phi) is 1.73. The Hall–Kier alpha value is -1.84. The summed E-state index contributed by atoms with van der Waals surface area (Å²) in [6.07, 6.45) is 3.34. The smallest absolute Gasteiger partial charge is 0.223 e. The Labute approximate surface area is 74.4 Å². The van der Waals surface area contributed by atoms with Gasteiger partial charge in [0.05, 0.1) is 24.6 Å². The van der Waals surface area contributed by atoms with Crippen LogP contribution in [0.4, 0.5) is 0 Å². The highest BCUT2D eigenvalue weighted by Crippen LogP contribution is 2.14. The maximum atomic E-state index is 10.6. The molecule has 2 N–H and O–H groups in total. The lowest BCUT2D eigenvalue weighted by atomic mass is 10.2. The lowest BCUT2D eigenvalue weighted by molar-refractivity contribution is -0.117. The van der Waals surface area contributed by atoms with Gasteiger partial charge in [-0.05, 0) is 12.1 Å². The van der Waals surface area contributed by atoms with E-state index in [0.717, 1.165) is 5.39 Å². The van der Waals surface area contributed by atoms with E-state index in [9.17, 15) is 4.79 Å². The molecule has 2 aromatic heterocycles.